The minimum Gasteiger partial charge on any atom is -0.467 e. The molecule has 0 aliphatic carbocycles. The fourth-order valence-corrected chi connectivity index (χ4v) is 5.77. The Morgan fingerprint density at radius 1 is 0.769 bits per heavy atom. The molecule has 52 heavy (non-hydrogen) atoms. The summed E-state index contributed by atoms with van der Waals surface area (Å²) in [6, 6.07) is 10.6. The molecule has 4 rings (SSSR count). The third-order valence-electron chi connectivity index (χ3n) is 8.19. The maximum Gasteiger partial charge on any atom is 0.408 e. The van der Waals surface area contributed by atoms with Crippen LogP contribution < -0.4 is 10.6 Å². The monoisotopic (exact) mass is 763 g/mol. The quantitative estimate of drug-likeness (QED) is 0.315. The van der Waals surface area contributed by atoms with E-state index in [1.54, 1.807) is 83.1 Å². The number of methoxy groups -OCH3 is 2. The van der Waals surface area contributed by atoms with Crippen molar-refractivity contribution in [1.29, 1.82) is 0 Å². The number of benzene rings is 2. The van der Waals surface area contributed by atoms with Crippen LogP contribution in [0.2, 0.25) is 10.0 Å². The van der Waals surface area contributed by atoms with Gasteiger partial charge in [-0.05, 0) is 75.2 Å². The number of carbonyl (C=O) groups is 6. The Labute approximate surface area is 314 Å². The number of halogens is 2. The molecule has 0 bridgehead atoms. The molecular formula is C36H47Cl2N5O9. The topological polar surface area (TPSA) is 164 Å². The minimum absolute atomic E-state index is 0.0515. The number of piperazine rings is 2. The normalized spacial score (nSPS) is 18.0. The second-order valence-corrected chi connectivity index (χ2v) is 14.3. The van der Waals surface area contributed by atoms with E-state index >= 15 is 0 Å². The van der Waals surface area contributed by atoms with Crippen LogP contribution in [0.5, 0.6) is 0 Å². The van der Waals surface area contributed by atoms with Crippen molar-refractivity contribution in [3.8, 4) is 0 Å². The Bertz CT molecular complexity index is 1580. The molecule has 14 nitrogen and oxygen atoms in total. The van der Waals surface area contributed by atoms with E-state index in [0.29, 0.717) is 40.8 Å². The Hall–Kier alpha value is -4.40. The number of nitrogens with one attached hydrogen (secondary N) is 2. The summed E-state index contributed by atoms with van der Waals surface area (Å²) in [6.45, 7) is 10.6. The van der Waals surface area contributed by atoms with Gasteiger partial charge < -0.3 is 39.5 Å². The lowest BCUT2D eigenvalue weighted by molar-refractivity contribution is -0.151. The van der Waals surface area contributed by atoms with E-state index in [4.69, 9.17) is 37.4 Å². The summed E-state index contributed by atoms with van der Waals surface area (Å²) in [7, 11) is 2.55. The molecule has 16 heteroatoms. The van der Waals surface area contributed by atoms with E-state index in [2.05, 4.69) is 10.6 Å². The third kappa shape index (κ3) is 11.6. The van der Waals surface area contributed by atoms with Crippen LogP contribution in [0.3, 0.4) is 0 Å². The summed E-state index contributed by atoms with van der Waals surface area (Å²) in [5.74, 6) is -2.17. The minimum atomic E-state index is -0.981. The van der Waals surface area contributed by atoms with Crippen LogP contribution in [-0.4, -0.2) is 128 Å². The van der Waals surface area contributed by atoms with Gasteiger partial charge >= 0.3 is 18.0 Å². The highest BCUT2D eigenvalue weighted by Crippen LogP contribution is 2.20. The maximum absolute atomic E-state index is 13.3. The Morgan fingerprint density at radius 2 is 1.25 bits per heavy atom. The fourth-order valence-electron chi connectivity index (χ4n) is 5.52. The average Bonchev–Trinajstić information content (AvgIpc) is 3.12. The van der Waals surface area contributed by atoms with Gasteiger partial charge in [0.2, 0.25) is 5.91 Å². The summed E-state index contributed by atoms with van der Waals surface area (Å²) >= 11 is 11.7. The standard InChI is InChI=1S/C23H32ClN3O6.C13H15ClN2O3/c1-14(2)18(25-22(31)33-23(3,4)5)20(29)26-11-12-27(17(13-26)21(30)32-6)19(28)15-7-9-16(24)10-8-15;1-19-13(18)11-8-15-6-7-16(11)12(17)9-2-4-10(14)5-3-9/h7-10,14,17-18H,11-13H2,1-6H3,(H,25,31);2-5,11,15H,6-8H2,1H3/t17-,18+;11-/m11/s1. The van der Waals surface area contributed by atoms with Gasteiger partial charge in [0.05, 0.1) is 20.8 Å². The predicted molar refractivity (Wildman–Crippen MR) is 194 cm³/mol. The zero-order valence-corrected chi connectivity index (χ0v) is 32.0. The van der Waals surface area contributed by atoms with Crippen molar-refractivity contribution >= 4 is 59.0 Å². The van der Waals surface area contributed by atoms with Gasteiger partial charge in [-0.25, -0.2) is 14.4 Å². The van der Waals surface area contributed by atoms with Crippen molar-refractivity contribution in [2.75, 3.05) is 53.5 Å². The molecule has 3 atom stereocenters. The molecule has 2 aromatic rings. The highest BCUT2D eigenvalue weighted by Gasteiger charge is 2.40. The number of nitrogens with zero attached hydrogens (tertiary/aromatic N) is 3. The van der Waals surface area contributed by atoms with Gasteiger partial charge in [0, 0.05) is 53.9 Å². The molecule has 2 fully saturated rings. The zero-order valence-electron chi connectivity index (χ0n) is 30.4. The van der Waals surface area contributed by atoms with Crippen LogP contribution in [0.15, 0.2) is 48.5 Å². The molecule has 0 aromatic heterocycles. The molecule has 284 valence electrons. The van der Waals surface area contributed by atoms with Crippen LogP contribution in [0, 0.1) is 5.92 Å². The molecule has 2 N–H and O–H groups in total. The molecule has 0 radical (unpaired) electrons. The van der Waals surface area contributed by atoms with Crippen LogP contribution >= 0.6 is 23.2 Å². The van der Waals surface area contributed by atoms with Crippen molar-refractivity contribution < 1.29 is 43.0 Å². The smallest absolute Gasteiger partial charge is 0.408 e. The number of ether oxygens (including phenoxy) is 3. The molecule has 2 heterocycles. The Balaban J connectivity index is 0.000000323. The summed E-state index contributed by atoms with van der Waals surface area (Å²) in [5.41, 5.74) is 0.179. The van der Waals surface area contributed by atoms with Crippen molar-refractivity contribution in [1.82, 2.24) is 25.3 Å². The van der Waals surface area contributed by atoms with Gasteiger partial charge in [0.25, 0.3) is 11.8 Å². The van der Waals surface area contributed by atoms with Gasteiger partial charge in [-0.1, -0.05) is 37.0 Å². The van der Waals surface area contributed by atoms with Crippen molar-refractivity contribution in [2.45, 2.75) is 58.3 Å². The van der Waals surface area contributed by atoms with Gasteiger partial charge in [0.1, 0.15) is 23.7 Å². The number of amides is 4. The zero-order chi connectivity index (χ0) is 38.7. The van der Waals surface area contributed by atoms with E-state index in [1.807, 2.05) is 0 Å². The number of alkyl carbamates (subject to hydrolysis) is 1. The van der Waals surface area contributed by atoms with Gasteiger partial charge in [-0.2, -0.15) is 0 Å². The molecule has 2 aliphatic rings. The maximum atomic E-state index is 13.3. The number of carbonyl (C=O) groups excluding carboxylic acids is 6. The van der Waals surface area contributed by atoms with Gasteiger partial charge in [-0.3, -0.25) is 14.4 Å². The predicted octanol–water partition coefficient (Wildman–Crippen LogP) is 3.64. The molecule has 2 aromatic carbocycles. The summed E-state index contributed by atoms with van der Waals surface area (Å²) in [4.78, 5) is 79.5. The van der Waals surface area contributed by atoms with E-state index in [1.165, 1.54) is 28.9 Å². The van der Waals surface area contributed by atoms with Crippen LogP contribution in [0.25, 0.3) is 0 Å². The third-order valence-corrected chi connectivity index (χ3v) is 8.69. The largest absolute Gasteiger partial charge is 0.467 e. The number of esters is 2. The number of hydrogen-bond donors (Lipinski definition) is 2. The molecule has 0 saturated carbocycles. The van der Waals surface area contributed by atoms with Crippen molar-refractivity contribution in [3.05, 3.63) is 69.7 Å². The van der Waals surface area contributed by atoms with Crippen LogP contribution in [0.1, 0.15) is 55.3 Å². The van der Waals surface area contributed by atoms with Crippen LogP contribution in [0.4, 0.5) is 4.79 Å². The summed E-state index contributed by atoms with van der Waals surface area (Å²) < 4.78 is 14.9. The SMILES string of the molecule is COC(=O)[C@H]1CN(C(=O)[C@@H](NC(=O)OC(C)(C)C)C(C)C)CCN1C(=O)c1ccc(Cl)cc1.COC(=O)[C@H]1CNCCN1C(=O)c1ccc(Cl)cc1. The molecule has 2 aliphatic heterocycles. The lowest BCUT2D eigenvalue weighted by Gasteiger charge is -2.41. The van der Waals surface area contributed by atoms with Crippen molar-refractivity contribution in [3.63, 3.8) is 0 Å². The van der Waals surface area contributed by atoms with Crippen LogP contribution in [-0.2, 0) is 28.6 Å². The van der Waals surface area contributed by atoms with Crippen molar-refractivity contribution in [2.24, 2.45) is 5.92 Å². The van der Waals surface area contributed by atoms with E-state index < -0.39 is 41.8 Å². The summed E-state index contributed by atoms with van der Waals surface area (Å²) in [6.07, 6.45) is -0.698. The van der Waals surface area contributed by atoms with E-state index in [9.17, 15) is 28.8 Å². The first-order valence-electron chi connectivity index (χ1n) is 16.7. The Morgan fingerprint density at radius 3 is 1.71 bits per heavy atom. The molecule has 0 unspecified atom stereocenters. The highest BCUT2D eigenvalue weighted by molar-refractivity contribution is 6.31. The summed E-state index contributed by atoms with van der Waals surface area (Å²) in [5, 5.41) is 6.77. The van der Waals surface area contributed by atoms with E-state index in [0.717, 1.165) is 0 Å². The first-order valence-corrected chi connectivity index (χ1v) is 17.5. The fraction of sp³-hybridized carbons (Fsp3) is 0.500. The first kappa shape index (κ1) is 42.0. The lowest BCUT2D eigenvalue weighted by Crippen LogP contribution is -2.62. The van der Waals surface area contributed by atoms with Gasteiger partial charge in [0.15, 0.2) is 0 Å². The van der Waals surface area contributed by atoms with E-state index in [-0.39, 0.29) is 43.3 Å². The molecular weight excluding hydrogens is 717 g/mol. The lowest BCUT2D eigenvalue weighted by atomic mass is 10.0. The molecule has 2 saturated heterocycles. The highest BCUT2D eigenvalue weighted by atomic mass is 35.5. The molecule has 4 amide bonds. The average molecular weight is 765 g/mol. The number of rotatable bonds is 7. The van der Waals surface area contributed by atoms with Gasteiger partial charge in [-0.15, -0.1) is 0 Å². The second kappa shape index (κ2) is 18.9. The first-order chi connectivity index (χ1) is 24.5. The second-order valence-electron chi connectivity index (χ2n) is 13.4. The molecule has 0 spiro atoms. The number of hydrogen-bond acceptors (Lipinski definition) is 10. The Kier molecular flexibility index (Phi) is 15.3.